The van der Waals surface area contributed by atoms with Gasteiger partial charge in [0.1, 0.15) is 18.9 Å². The minimum absolute atomic E-state index is 0.0240. The Hall–Kier alpha value is -5.14. The molecule has 0 unspecified atom stereocenters. The van der Waals surface area contributed by atoms with Gasteiger partial charge in [0.25, 0.3) is 5.91 Å². The van der Waals surface area contributed by atoms with Gasteiger partial charge in [-0.25, -0.2) is 4.39 Å². The van der Waals surface area contributed by atoms with E-state index >= 15 is 4.39 Å². The second kappa shape index (κ2) is 11.8. The molecule has 2 aromatic carbocycles. The predicted octanol–water partition coefficient (Wildman–Crippen LogP) is 1.41. The van der Waals surface area contributed by atoms with Crippen LogP contribution in [0.1, 0.15) is 24.6 Å². The molecular weight excluding hydrogens is 549 g/mol. The molecule has 1 aliphatic heterocycles. The number of amides is 3. The van der Waals surface area contributed by atoms with Crippen molar-refractivity contribution in [3.05, 3.63) is 48.5 Å². The van der Waals surface area contributed by atoms with Gasteiger partial charge in [0.15, 0.2) is 0 Å². The van der Waals surface area contributed by atoms with Gasteiger partial charge in [-0.05, 0) is 36.6 Å². The molecule has 3 heterocycles. The summed E-state index contributed by atoms with van der Waals surface area (Å²) in [7, 11) is 0. The van der Waals surface area contributed by atoms with Crippen LogP contribution in [-0.2, 0) is 25.7 Å². The molecule has 2 aromatic heterocycles. The minimum Gasteiger partial charge on any atom is -0.480 e. The molecule has 0 radical (unpaired) electrons. The maximum atomic E-state index is 15.4. The van der Waals surface area contributed by atoms with E-state index in [-0.39, 0.29) is 29.8 Å². The van der Waals surface area contributed by atoms with Gasteiger partial charge < -0.3 is 20.6 Å². The lowest BCUT2D eigenvalue weighted by Crippen LogP contribution is -2.40. The zero-order valence-corrected chi connectivity index (χ0v) is 22.7. The number of hydrogen-bond donors (Lipinski definition) is 3. The van der Waals surface area contributed by atoms with Crippen LogP contribution >= 0.6 is 0 Å². The molecule has 1 saturated heterocycles. The number of aliphatic carboxylic acids is 1. The number of likely N-dealkylation sites (tertiary alicyclic amines) is 1. The van der Waals surface area contributed by atoms with Crippen LogP contribution in [0.25, 0.3) is 32.9 Å². The molecule has 0 atom stereocenters. The van der Waals surface area contributed by atoms with Crippen molar-refractivity contribution in [3.63, 3.8) is 0 Å². The summed E-state index contributed by atoms with van der Waals surface area (Å²) in [6, 6.07) is 8.03. The SMILES string of the molecule is CC(=O)N1CCC(C(=O)n2ncc3cc(F)c(-c4cccc5c4cnn5CC(=O)NCC(=O)NCC(=O)O)cc32)CC1. The number of nitrogens with zero attached hydrogens (tertiary/aromatic N) is 5. The normalized spacial score (nSPS) is 13.8. The Kier molecular flexibility index (Phi) is 7.95. The number of carboxylic acids is 1. The van der Waals surface area contributed by atoms with Crippen molar-refractivity contribution in [2.75, 3.05) is 26.2 Å². The molecule has 0 bridgehead atoms. The number of aromatic nitrogens is 4. The average Bonchev–Trinajstić information content (AvgIpc) is 3.58. The van der Waals surface area contributed by atoms with Crippen molar-refractivity contribution in [1.82, 2.24) is 35.1 Å². The monoisotopic (exact) mass is 577 g/mol. The van der Waals surface area contributed by atoms with Crippen molar-refractivity contribution >= 4 is 51.4 Å². The molecule has 1 fully saturated rings. The topological polar surface area (TPSA) is 169 Å². The Balaban J connectivity index is 1.37. The average molecular weight is 578 g/mol. The lowest BCUT2D eigenvalue weighted by molar-refractivity contribution is -0.137. The Labute approximate surface area is 238 Å². The standard InChI is InChI=1S/C28H28FN7O6/c1-16(37)34-7-5-17(6-8-34)28(42)36-24-10-20(22(29)9-18(24)11-33-36)19-3-2-4-23-21(19)12-32-35(23)15-26(39)30-13-25(38)31-14-27(40)41/h2-4,9-12,17H,5-8,13-15H2,1H3,(H,30,39)(H,31,38)(H,40,41). The second-order valence-corrected chi connectivity index (χ2v) is 10.1. The van der Waals surface area contributed by atoms with E-state index in [0.717, 1.165) is 0 Å². The van der Waals surface area contributed by atoms with Crippen LogP contribution in [0.2, 0.25) is 0 Å². The maximum absolute atomic E-state index is 15.4. The van der Waals surface area contributed by atoms with Crippen molar-refractivity contribution < 1.29 is 33.5 Å². The highest BCUT2D eigenvalue weighted by Gasteiger charge is 2.28. The second-order valence-electron chi connectivity index (χ2n) is 10.1. The number of halogens is 1. The van der Waals surface area contributed by atoms with Gasteiger partial charge in [-0.3, -0.25) is 28.7 Å². The number of rotatable bonds is 8. The highest BCUT2D eigenvalue weighted by Crippen LogP contribution is 2.33. The highest BCUT2D eigenvalue weighted by atomic mass is 19.1. The van der Waals surface area contributed by atoms with E-state index in [9.17, 15) is 24.0 Å². The molecule has 0 saturated carbocycles. The Morgan fingerprint density at radius 1 is 0.952 bits per heavy atom. The van der Waals surface area contributed by atoms with E-state index in [4.69, 9.17) is 5.11 Å². The van der Waals surface area contributed by atoms with Gasteiger partial charge in [-0.15, -0.1) is 0 Å². The van der Waals surface area contributed by atoms with Crippen molar-refractivity contribution in [3.8, 4) is 11.1 Å². The number of benzene rings is 2. The molecule has 218 valence electrons. The van der Waals surface area contributed by atoms with Gasteiger partial charge in [-0.1, -0.05) is 12.1 Å². The van der Waals surface area contributed by atoms with Crippen molar-refractivity contribution in [2.24, 2.45) is 5.92 Å². The summed E-state index contributed by atoms with van der Waals surface area (Å²) >= 11 is 0. The van der Waals surface area contributed by atoms with E-state index in [0.29, 0.717) is 53.3 Å². The van der Waals surface area contributed by atoms with E-state index in [2.05, 4.69) is 20.8 Å². The largest absolute Gasteiger partial charge is 0.480 e. The van der Waals surface area contributed by atoms with Crippen LogP contribution in [-0.4, -0.2) is 85.3 Å². The van der Waals surface area contributed by atoms with Crippen LogP contribution in [0.3, 0.4) is 0 Å². The summed E-state index contributed by atoms with van der Waals surface area (Å²) < 4.78 is 18.1. The van der Waals surface area contributed by atoms with Crippen molar-refractivity contribution in [1.29, 1.82) is 0 Å². The highest BCUT2D eigenvalue weighted by molar-refractivity contribution is 5.99. The quantitative estimate of drug-likeness (QED) is 0.282. The molecule has 42 heavy (non-hydrogen) atoms. The van der Waals surface area contributed by atoms with Crippen LogP contribution in [0.15, 0.2) is 42.7 Å². The van der Waals surface area contributed by atoms with Gasteiger partial charge in [-0.2, -0.15) is 14.9 Å². The van der Waals surface area contributed by atoms with Crippen LogP contribution in [0.5, 0.6) is 0 Å². The summed E-state index contributed by atoms with van der Waals surface area (Å²) in [5.41, 5.74) is 1.73. The molecule has 3 N–H and O–H groups in total. The third-order valence-electron chi connectivity index (χ3n) is 7.31. The molecule has 13 nitrogen and oxygen atoms in total. The fourth-order valence-corrected chi connectivity index (χ4v) is 5.11. The summed E-state index contributed by atoms with van der Waals surface area (Å²) in [5, 5.41) is 22.7. The third-order valence-corrected chi connectivity index (χ3v) is 7.31. The Bertz CT molecular complexity index is 1720. The summed E-state index contributed by atoms with van der Waals surface area (Å²) in [6.07, 6.45) is 4.00. The Morgan fingerprint density at radius 3 is 2.40 bits per heavy atom. The van der Waals surface area contributed by atoms with Gasteiger partial charge in [0, 0.05) is 42.3 Å². The fraction of sp³-hybridized carbons (Fsp3) is 0.321. The number of nitrogens with one attached hydrogen (secondary N) is 2. The summed E-state index contributed by atoms with van der Waals surface area (Å²) in [4.78, 5) is 61.4. The molecule has 4 aromatic rings. The molecule has 14 heteroatoms. The molecule has 0 spiro atoms. The van der Waals surface area contributed by atoms with E-state index < -0.39 is 36.7 Å². The number of piperidine rings is 1. The van der Waals surface area contributed by atoms with Crippen LogP contribution in [0, 0.1) is 11.7 Å². The number of carbonyl (C=O) groups excluding carboxylic acids is 4. The predicted molar refractivity (Wildman–Crippen MR) is 148 cm³/mol. The van der Waals surface area contributed by atoms with E-state index in [1.807, 2.05) is 0 Å². The van der Waals surface area contributed by atoms with Crippen molar-refractivity contribution in [2.45, 2.75) is 26.3 Å². The first-order valence-corrected chi connectivity index (χ1v) is 13.3. The minimum atomic E-state index is -1.20. The fourth-order valence-electron chi connectivity index (χ4n) is 5.11. The zero-order chi connectivity index (χ0) is 30.0. The first-order chi connectivity index (χ1) is 20.1. The summed E-state index contributed by atoms with van der Waals surface area (Å²) in [5.74, 6) is -3.44. The lowest BCUT2D eigenvalue weighted by Gasteiger charge is -2.30. The Morgan fingerprint density at radius 2 is 1.69 bits per heavy atom. The maximum Gasteiger partial charge on any atom is 0.322 e. The molecular formula is C28H28FN7O6. The molecule has 1 aliphatic rings. The van der Waals surface area contributed by atoms with Gasteiger partial charge in [0.05, 0.1) is 30.0 Å². The molecule has 5 rings (SSSR count). The van der Waals surface area contributed by atoms with Crippen LogP contribution in [0.4, 0.5) is 4.39 Å². The summed E-state index contributed by atoms with van der Waals surface area (Å²) in [6.45, 7) is 1.30. The molecule has 0 aliphatic carbocycles. The number of carbonyl (C=O) groups is 5. The zero-order valence-electron chi connectivity index (χ0n) is 22.7. The van der Waals surface area contributed by atoms with E-state index in [1.54, 1.807) is 29.2 Å². The first-order valence-electron chi connectivity index (χ1n) is 13.3. The first kappa shape index (κ1) is 28.4. The third kappa shape index (κ3) is 5.82. The van der Waals surface area contributed by atoms with Crippen LogP contribution < -0.4 is 10.6 Å². The number of fused-ring (bicyclic) bond motifs is 2. The number of hydrogen-bond acceptors (Lipinski definition) is 7. The number of carboxylic acid groups (broad SMARTS) is 1. The smallest absolute Gasteiger partial charge is 0.322 e. The van der Waals surface area contributed by atoms with Gasteiger partial charge in [0.2, 0.25) is 17.7 Å². The van der Waals surface area contributed by atoms with E-state index in [1.165, 1.54) is 34.7 Å². The molecule has 3 amide bonds. The van der Waals surface area contributed by atoms with Gasteiger partial charge >= 0.3 is 5.97 Å². The lowest BCUT2D eigenvalue weighted by atomic mass is 9.95.